The van der Waals surface area contributed by atoms with E-state index in [4.69, 9.17) is 4.74 Å². The second-order valence-corrected chi connectivity index (χ2v) is 4.54. The van der Waals surface area contributed by atoms with Crippen LogP contribution in [0.25, 0.3) is 0 Å². The van der Waals surface area contributed by atoms with Crippen molar-refractivity contribution in [3.8, 4) is 0 Å². The molecule has 0 bridgehead atoms. The molecule has 1 atom stereocenters. The molecule has 1 aliphatic heterocycles. The second kappa shape index (κ2) is 5.40. The fourth-order valence-corrected chi connectivity index (χ4v) is 2.16. The van der Waals surface area contributed by atoms with E-state index in [1.165, 1.54) is 4.90 Å². The Kier molecular flexibility index (Phi) is 3.85. The fourth-order valence-electron chi connectivity index (χ4n) is 2.16. The van der Waals surface area contributed by atoms with Gasteiger partial charge in [0.05, 0.1) is 6.61 Å². The summed E-state index contributed by atoms with van der Waals surface area (Å²) in [6.45, 7) is 2.53. The normalized spacial score (nSPS) is 22.6. The molecule has 1 fully saturated rings. The Morgan fingerprint density at radius 2 is 2.11 bits per heavy atom. The van der Waals surface area contributed by atoms with Crippen LogP contribution in [0.3, 0.4) is 0 Å². The first-order valence-corrected chi connectivity index (χ1v) is 6.31. The smallest absolute Gasteiger partial charge is 0.348 e. The summed E-state index contributed by atoms with van der Waals surface area (Å²) >= 11 is 0. The van der Waals surface area contributed by atoms with Crippen molar-refractivity contribution in [2.24, 2.45) is 0 Å². The first-order chi connectivity index (χ1) is 9.08. The SMILES string of the molecule is CCOC(=O)[C@@]1(O)CCN(Cc2ccccc2)C1=O. The number of esters is 1. The van der Waals surface area contributed by atoms with E-state index >= 15 is 0 Å². The predicted octanol–water partition coefficient (Wildman–Crippen LogP) is 0.713. The highest BCUT2D eigenvalue weighted by molar-refractivity contribution is 6.07. The molecule has 1 amide bonds. The van der Waals surface area contributed by atoms with E-state index in [9.17, 15) is 14.7 Å². The zero-order chi connectivity index (χ0) is 13.9. The lowest BCUT2D eigenvalue weighted by Crippen LogP contribution is -2.47. The van der Waals surface area contributed by atoms with Crippen molar-refractivity contribution < 1.29 is 19.4 Å². The number of ether oxygens (including phenoxy) is 1. The van der Waals surface area contributed by atoms with Gasteiger partial charge in [-0.15, -0.1) is 0 Å². The molecule has 1 N–H and O–H groups in total. The third-order valence-corrected chi connectivity index (χ3v) is 3.21. The van der Waals surface area contributed by atoms with Gasteiger partial charge in [0.25, 0.3) is 5.91 Å². The average molecular weight is 263 g/mol. The van der Waals surface area contributed by atoms with Gasteiger partial charge in [-0.1, -0.05) is 30.3 Å². The van der Waals surface area contributed by atoms with Gasteiger partial charge in [0, 0.05) is 19.5 Å². The minimum Gasteiger partial charge on any atom is -0.463 e. The predicted molar refractivity (Wildman–Crippen MR) is 68.1 cm³/mol. The summed E-state index contributed by atoms with van der Waals surface area (Å²) in [5.74, 6) is -1.43. The first kappa shape index (κ1) is 13.5. The third kappa shape index (κ3) is 2.61. The van der Waals surface area contributed by atoms with E-state index in [2.05, 4.69) is 0 Å². The molecule has 102 valence electrons. The first-order valence-electron chi connectivity index (χ1n) is 6.31. The van der Waals surface area contributed by atoms with E-state index in [-0.39, 0.29) is 13.0 Å². The Balaban J connectivity index is 2.07. The van der Waals surface area contributed by atoms with Gasteiger partial charge in [-0.25, -0.2) is 4.79 Å². The van der Waals surface area contributed by atoms with Crippen molar-refractivity contribution >= 4 is 11.9 Å². The summed E-state index contributed by atoms with van der Waals surface area (Å²) in [5.41, 5.74) is -1.05. The Labute approximate surface area is 111 Å². The highest BCUT2D eigenvalue weighted by atomic mass is 16.6. The summed E-state index contributed by atoms with van der Waals surface area (Å²) < 4.78 is 4.76. The second-order valence-electron chi connectivity index (χ2n) is 4.54. The molecule has 0 unspecified atom stereocenters. The standard InChI is InChI=1S/C14H17NO4/c1-2-19-13(17)14(18)8-9-15(12(14)16)10-11-6-4-3-5-7-11/h3-7,18H,2,8-10H2,1H3/t14-/m1/s1. The molecule has 1 saturated heterocycles. The molecule has 0 aromatic heterocycles. The Morgan fingerprint density at radius 3 is 2.74 bits per heavy atom. The van der Waals surface area contributed by atoms with Crippen molar-refractivity contribution in [2.45, 2.75) is 25.5 Å². The Hall–Kier alpha value is -1.88. The lowest BCUT2D eigenvalue weighted by molar-refractivity contribution is -0.170. The van der Waals surface area contributed by atoms with Crippen LogP contribution in [0.4, 0.5) is 0 Å². The van der Waals surface area contributed by atoms with E-state index in [0.717, 1.165) is 5.56 Å². The molecule has 0 saturated carbocycles. The number of carbonyl (C=O) groups excluding carboxylic acids is 2. The number of carbonyl (C=O) groups is 2. The van der Waals surface area contributed by atoms with Crippen molar-refractivity contribution in [3.05, 3.63) is 35.9 Å². The average Bonchev–Trinajstić information content (AvgIpc) is 2.70. The van der Waals surface area contributed by atoms with Crippen molar-refractivity contribution in [1.29, 1.82) is 0 Å². The molecular formula is C14H17NO4. The van der Waals surface area contributed by atoms with Crippen molar-refractivity contribution in [1.82, 2.24) is 4.90 Å². The number of nitrogens with zero attached hydrogens (tertiary/aromatic N) is 1. The van der Waals surface area contributed by atoms with E-state index < -0.39 is 17.5 Å². The van der Waals surface area contributed by atoms with Crippen LogP contribution in [0, 0.1) is 0 Å². The molecule has 19 heavy (non-hydrogen) atoms. The van der Waals surface area contributed by atoms with Crippen LogP contribution in [-0.2, 0) is 20.9 Å². The van der Waals surface area contributed by atoms with Crippen LogP contribution in [0.15, 0.2) is 30.3 Å². The molecule has 0 radical (unpaired) electrons. The van der Waals surface area contributed by atoms with Crippen LogP contribution in [0.1, 0.15) is 18.9 Å². The largest absolute Gasteiger partial charge is 0.463 e. The molecule has 5 nitrogen and oxygen atoms in total. The molecule has 1 aliphatic rings. The van der Waals surface area contributed by atoms with Crippen LogP contribution < -0.4 is 0 Å². The van der Waals surface area contributed by atoms with Crippen LogP contribution in [0.5, 0.6) is 0 Å². The van der Waals surface area contributed by atoms with Gasteiger partial charge in [-0.2, -0.15) is 0 Å². The monoisotopic (exact) mass is 263 g/mol. The third-order valence-electron chi connectivity index (χ3n) is 3.21. The van der Waals surface area contributed by atoms with Gasteiger partial charge < -0.3 is 14.7 Å². The van der Waals surface area contributed by atoms with Gasteiger partial charge >= 0.3 is 5.97 Å². The van der Waals surface area contributed by atoms with E-state index in [0.29, 0.717) is 13.1 Å². The quantitative estimate of drug-likeness (QED) is 0.642. The summed E-state index contributed by atoms with van der Waals surface area (Å²) in [7, 11) is 0. The Bertz CT molecular complexity index is 474. The van der Waals surface area contributed by atoms with Gasteiger partial charge in [0.1, 0.15) is 0 Å². The molecule has 1 aromatic rings. The minimum absolute atomic E-state index is 0.0809. The minimum atomic E-state index is -2.01. The maximum Gasteiger partial charge on any atom is 0.348 e. The molecule has 0 spiro atoms. The summed E-state index contributed by atoms with van der Waals surface area (Å²) in [4.78, 5) is 25.3. The zero-order valence-electron chi connectivity index (χ0n) is 10.8. The lowest BCUT2D eigenvalue weighted by Gasteiger charge is -2.20. The number of hydrogen-bond donors (Lipinski definition) is 1. The summed E-state index contributed by atoms with van der Waals surface area (Å²) in [6, 6.07) is 9.45. The zero-order valence-corrected chi connectivity index (χ0v) is 10.8. The van der Waals surface area contributed by atoms with E-state index in [1.54, 1.807) is 6.92 Å². The fraction of sp³-hybridized carbons (Fsp3) is 0.429. The van der Waals surface area contributed by atoms with Crippen LogP contribution in [-0.4, -0.2) is 40.6 Å². The molecule has 5 heteroatoms. The number of hydrogen-bond acceptors (Lipinski definition) is 4. The van der Waals surface area contributed by atoms with Crippen LogP contribution in [0.2, 0.25) is 0 Å². The maximum absolute atomic E-state index is 12.1. The van der Waals surface area contributed by atoms with Gasteiger partial charge in [0.2, 0.25) is 5.60 Å². The number of likely N-dealkylation sites (tertiary alicyclic amines) is 1. The maximum atomic E-state index is 12.1. The van der Waals surface area contributed by atoms with Gasteiger partial charge in [0.15, 0.2) is 0 Å². The Morgan fingerprint density at radius 1 is 1.42 bits per heavy atom. The molecular weight excluding hydrogens is 246 g/mol. The number of amides is 1. The highest BCUT2D eigenvalue weighted by Gasteiger charge is 2.52. The summed E-state index contributed by atoms with van der Waals surface area (Å²) in [5, 5.41) is 10.1. The number of aliphatic hydroxyl groups is 1. The number of benzene rings is 1. The molecule has 1 heterocycles. The van der Waals surface area contributed by atoms with Gasteiger partial charge in [-0.3, -0.25) is 4.79 Å². The van der Waals surface area contributed by atoms with Crippen molar-refractivity contribution in [2.75, 3.05) is 13.2 Å². The van der Waals surface area contributed by atoms with Crippen molar-refractivity contribution in [3.63, 3.8) is 0 Å². The number of rotatable bonds is 4. The molecule has 0 aliphatic carbocycles. The molecule has 2 rings (SSSR count). The van der Waals surface area contributed by atoms with Crippen LogP contribution >= 0.6 is 0 Å². The summed E-state index contributed by atoms with van der Waals surface area (Å²) in [6.07, 6.45) is 0.0809. The van der Waals surface area contributed by atoms with E-state index in [1.807, 2.05) is 30.3 Å². The van der Waals surface area contributed by atoms with Gasteiger partial charge in [-0.05, 0) is 12.5 Å². The highest BCUT2D eigenvalue weighted by Crippen LogP contribution is 2.26. The topological polar surface area (TPSA) is 66.8 Å². The lowest BCUT2D eigenvalue weighted by atomic mass is 10.0. The molecule has 1 aromatic carbocycles.